The second-order valence-electron chi connectivity index (χ2n) is 14.3. The molecule has 0 bridgehead atoms. The van der Waals surface area contributed by atoms with Crippen LogP contribution in [0.5, 0.6) is 0 Å². The summed E-state index contributed by atoms with van der Waals surface area (Å²) in [6.07, 6.45) is 26.0. The molecule has 0 unspecified atom stereocenters. The summed E-state index contributed by atoms with van der Waals surface area (Å²) in [7, 11) is 1.36. The molecular formula is C51H50IN21O4. The van der Waals surface area contributed by atoms with Gasteiger partial charge in [0, 0.05) is 79.9 Å². The molecule has 25 nitrogen and oxygen atoms in total. The fourth-order valence-corrected chi connectivity index (χ4v) is 6.13. The van der Waals surface area contributed by atoms with Crippen molar-refractivity contribution in [1.82, 2.24) is 86.1 Å². The Morgan fingerprint density at radius 3 is 1.34 bits per heavy atom. The number of hydroxylamine groups is 1. The van der Waals surface area contributed by atoms with Crippen molar-refractivity contribution in [3.8, 4) is 0 Å². The number of hydrogen-bond acceptors (Lipinski definition) is 24. The van der Waals surface area contributed by atoms with Crippen molar-refractivity contribution in [3.63, 3.8) is 0 Å². The van der Waals surface area contributed by atoms with Gasteiger partial charge in [0.2, 0.25) is 0 Å². The number of benzene rings is 2. The molecule has 0 atom stereocenters. The molecule has 10 rings (SSSR count). The normalized spacial score (nSPS) is 9.62. The van der Waals surface area contributed by atoms with Crippen LogP contribution < -0.4 is 26.3 Å². The molecule has 0 fully saturated rings. The van der Waals surface area contributed by atoms with Gasteiger partial charge in [-0.05, 0) is 107 Å². The lowest BCUT2D eigenvalue weighted by molar-refractivity contribution is 0.0600. The van der Waals surface area contributed by atoms with Crippen LogP contribution in [0.2, 0.25) is 0 Å². The molecule has 0 radical (unpaired) electrons. The summed E-state index contributed by atoms with van der Waals surface area (Å²) in [6.45, 7) is 4.98. The minimum Gasteiger partial charge on any atom is -0.465 e. The lowest BCUT2D eigenvalue weighted by atomic mass is 10.1. The fraction of sp³-hybridized carbons (Fsp3) is 0.0980. The Balaban J connectivity index is 0.000000191. The first-order valence-corrected chi connectivity index (χ1v) is 24.0. The van der Waals surface area contributed by atoms with Crippen molar-refractivity contribution in [3.05, 3.63) is 222 Å². The number of nitrogen functional groups attached to an aromatic ring is 1. The Bertz CT molecular complexity index is 2850. The highest BCUT2D eigenvalue weighted by molar-refractivity contribution is 14.1. The standard InChI is InChI=1S/C17H15N5O2.C16H14N6O2.C8H7N5.C4H3IN2.C4H5N3.C2H6/c1-24-17(23)14-6-4-13(5-7-14)12-22(15-3-2-8-20-21-15)16-11-18-9-10-19-16;23-16(21-24)13-5-3-12(4-6-13)11-22(14-2-1-7-19-20-14)15-10-17-8-9-18-15;1-2-7(13-11-3-1)12-8-6-9-4-5-10-8;5-4-3-6-1-2-7-4;5-4-2-1-3-6-7-4;1-2/h2-11H,12H2,1H3;1-10,24H,11H2,(H,21,23);1-6H,(H,10,12,13);1-3H;1-3H,(H2,5,7);1-2H3. The van der Waals surface area contributed by atoms with E-state index in [1.807, 2.05) is 60.0 Å². The van der Waals surface area contributed by atoms with Gasteiger partial charge in [0.05, 0.1) is 50.6 Å². The zero-order valence-corrected chi connectivity index (χ0v) is 43.7. The molecule has 2 aromatic carbocycles. The van der Waals surface area contributed by atoms with Gasteiger partial charge >= 0.3 is 5.97 Å². The van der Waals surface area contributed by atoms with E-state index >= 15 is 0 Å². The molecule has 1 amide bonds. The van der Waals surface area contributed by atoms with Gasteiger partial charge in [-0.3, -0.25) is 29.9 Å². The highest BCUT2D eigenvalue weighted by atomic mass is 127. The number of ether oxygens (including phenoxy) is 1. The van der Waals surface area contributed by atoms with E-state index in [1.165, 1.54) is 7.11 Å². The number of nitrogens with two attached hydrogens (primary N) is 1. The zero-order chi connectivity index (χ0) is 54.7. The Labute approximate surface area is 455 Å². The number of nitrogens with one attached hydrogen (secondary N) is 2. The van der Waals surface area contributed by atoms with Crippen molar-refractivity contribution in [2.24, 2.45) is 0 Å². The molecule has 5 N–H and O–H groups in total. The molecule has 0 spiro atoms. The summed E-state index contributed by atoms with van der Waals surface area (Å²) in [5.74, 6) is 3.45. The first kappa shape index (κ1) is 57.8. The lowest BCUT2D eigenvalue weighted by Gasteiger charge is -2.21. The van der Waals surface area contributed by atoms with Gasteiger partial charge in [0.1, 0.15) is 15.3 Å². The van der Waals surface area contributed by atoms with Gasteiger partial charge in [0.25, 0.3) is 5.91 Å². The number of anilines is 7. The molecule has 390 valence electrons. The summed E-state index contributed by atoms with van der Waals surface area (Å²) < 4.78 is 5.64. The number of hydrogen-bond donors (Lipinski definition) is 4. The van der Waals surface area contributed by atoms with E-state index in [2.05, 4.69) is 109 Å². The van der Waals surface area contributed by atoms with Crippen LogP contribution in [0.15, 0.2) is 196 Å². The third-order valence-electron chi connectivity index (χ3n) is 9.21. The molecule has 0 aliphatic carbocycles. The van der Waals surface area contributed by atoms with E-state index in [0.29, 0.717) is 64.9 Å². The van der Waals surface area contributed by atoms with E-state index in [1.54, 1.807) is 165 Å². The largest absolute Gasteiger partial charge is 0.465 e. The van der Waals surface area contributed by atoms with Gasteiger partial charge in [-0.15, -0.1) is 20.4 Å². The van der Waals surface area contributed by atoms with Crippen LogP contribution in [0.3, 0.4) is 0 Å². The monoisotopic (exact) mass is 1150 g/mol. The Morgan fingerprint density at radius 1 is 0.519 bits per heavy atom. The fourth-order valence-electron chi connectivity index (χ4n) is 5.81. The second-order valence-corrected chi connectivity index (χ2v) is 15.4. The topological polar surface area (TPSA) is 326 Å². The van der Waals surface area contributed by atoms with Gasteiger partial charge < -0.3 is 25.6 Å². The quantitative estimate of drug-likeness (QED) is 0.0403. The average Bonchev–Trinajstić information content (AvgIpc) is 3.51. The van der Waals surface area contributed by atoms with Crippen LogP contribution in [0, 0.1) is 3.70 Å². The van der Waals surface area contributed by atoms with E-state index in [4.69, 9.17) is 15.7 Å². The van der Waals surface area contributed by atoms with Crippen molar-refractivity contribution in [2.75, 3.05) is 28.0 Å². The number of nitrogens with zero attached hydrogens (tertiary/aromatic N) is 18. The SMILES string of the molecule is CC.COC(=O)c1ccc(CN(c2cnccn2)c2cccnn2)cc1.Ic1cnccn1.Nc1cccnn1.O=C(NO)c1ccc(CN(c2cnccn2)c2cccnn2)cc1.c1cnnc(Nc2cnccn2)c1. The predicted octanol–water partition coefficient (Wildman–Crippen LogP) is 7.29. The minimum atomic E-state index is -0.554. The molecule has 0 saturated carbocycles. The molecule has 0 saturated heterocycles. The van der Waals surface area contributed by atoms with Crippen molar-refractivity contribution < 1.29 is 19.5 Å². The van der Waals surface area contributed by atoms with Crippen LogP contribution in [-0.2, 0) is 17.8 Å². The molecular weight excluding hydrogens is 1100 g/mol. The zero-order valence-electron chi connectivity index (χ0n) is 41.6. The number of esters is 1. The van der Waals surface area contributed by atoms with E-state index in [0.717, 1.165) is 14.8 Å². The summed E-state index contributed by atoms with van der Waals surface area (Å²) in [6, 6.07) is 28.4. The number of rotatable bonds is 12. The molecule has 0 aliphatic rings. The van der Waals surface area contributed by atoms with Crippen molar-refractivity contribution in [2.45, 2.75) is 26.9 Å². The van der Waals surface area contributed by atoms with Crippen LogP contribution in [-0.4, -0.2) is 105 Å². The van der Waals surface area contributed by atoms with E-state index in [-0.39, 0.29) is 5.97 Å². The van der Waals surface area contributed by atoms with Gasteiger partial charge in [-0.25, -0.2) is 30.2 Å². The van der Waals surface area contributed by atoms with Gasteiger partial charge in [0.15, 0.2) is 29.1 Å². The second kappa shape index (κ2) is 33.6. The lowest BCUT2D eigenvalue weighted by Crippen LogP contribution is -2.20. The predicted molar refractivity (Wildman–Crippen MR) is 293 cm³/mol. The molecule has 26 heteroatoms. The number of amides is 1. The summed E-state index contributed by atoms with van der Waals surface area (Å²) in [5.41, 5.74) is 9.58. The Hall–Kier alpha value is -10.1. The number of halogens is 1. The number of carbonyl (C=O) groups is 2. The Kier molecular flexibility index (Phi) is 25.2. The van der Waals surface area contributed by atoms with Crippen LogP contribution in [0.1, 0.15) is 45.7 Å². The Morgan fingerprint density at radius 2 is 0.987 bits per heavy atom. The maximum atomic E-state index is 11.5. The first-order valence-electron chi connectivity index (χ1n) is 22.9. The average molecular weight is 1150 g/mol. The highest BCUT2D eigenvalue weighted by Crippen LogP contribution is 2.24. The highest BCUT2D eigenvalue weighted by Gasteiger charge is 2.16. The third-order valence-corrected chi connectivity index (χ3v) is 9.77. The molecule has 10 aromatic rings. The van der Waals surface area contributed by atoms with Crippen LogP contribution in [0.25, 0.3) is 0 Å². The number of carbonyl (C=O) groups excluding carboxylic acids is 2. The summed E-state index contributed by atoms with van der Waals surface area (Å²) in [4.78, 5) is 59.2. The van der Waals surface area contributed by atoms with E-state index < -0.39 is 5.91 Å². The molecule has 8 heterocycles. The van der Waals surface area contributed by atoms with Gasteiger partial charge in [-0.1, -0.05) is 38.1 Å². The van der Waals surface area contributed by atoms with E-state index in [9.17, 15) is 9.59 Å². The molecule has 8 aromatic heterocycles. The molecule has 0 aliphatic heterocycles. The van der Waals surface area contributed by atoms with Crippen molar-refractivity contribution >= 4 is 75.2 Å². The molecule has 77 heavy (non-hydrogen) atoms. The number of aromatic nitrogens is 16. The van der Waals surface area contributed by atoms with Crippen LogP contribution >= 0.6 is 22.6 Å². The maximum Gasteiger partial charge on any atom is 0.337 e. The van der Waals surface area contributed by atoms with Crippen molar-refractivity contribution in [1.29, 1.82) is 0 Å². The summed E-state index contributed by atoms with van der Waals surface area (Å²) in [5, 5.41) is 42.3. The smallest absolute Gasteiger partial charge is 0.337 e. The van der Waals surface area contributed by atoms with Gasteiger partial charge in [-0.2, -0.15) is 20.4 Å². The number of methoxy groups -OCH3 is 1. The summed E-state index contributed by atoms with van der Waals surface area (Å²) >= 11 is 2.11. The third kappa shape index (κ3) is 20.7. The maximum absolute atomic E-state index is 11.5. The first-order chi connectivity index (χ1) is 37.8. The minimum absolute atomic E-state index is 0.360. The van der Waals surface area contributed by atoms with Crippen LogP contribution in [0.4, 0.5) is 40.7 Å².